The Morgan fingerprint density at radius 1 is 1.20 bits per heavy atom. The number of carbonyl (C=O) groups excluding carboxylic acids is 1. The summed E-state index contributed by atoms with van der Waals surface area (Å²) < 4.78 is 5.59. The first-order chi connectivity index (χ1) is 11.9. The molecule has 0 atom stereocenters. The number of amides is 1. The molecule has 4 nitrogen and oxygen atoms in total. The lowest BCUT2D eigenvalue weighted by atomic mass is 10.1. The summed E-state index contributed by atoms with van der Waals surface area (Å²) in [4.78, 5) is 12.3. The summed E-state index contributed by atoms with van der Waals surface area (Å²) >= 11 is 11.8. The zero-order chi connectivity index (χ0) is 18.4. The lowest BCUT2D eigenvalue weighted by Gasteiger charge is -2.11. The number of anilines is 1. The van der Waals surface area contributed by atoms with Crippen LogP contribution in [0.1, 0.15) is 19.4 Å². The van der Waals surface area contributed by atoms with Gasteiger partial charge in [0.15, 0.2) is 0 Å². The standard InChI is InChI=1S/C19H16Cl2N2O2/c1-12(2)25-16-5-3-4-15(10-16)23-19(24)14(11-22)8-13-6-7-17(20)18(21)9-13/h3-10,12H,1-2H3,(H,23,24)/b14-8-. The summed E-state index contributed by atoms with van der Waals surface area (Å²) in [5, 5.41) is 12.7. The minimum Gasteiger partial charge on any atom is -0.491 e. The van der Waals surface area contributed by atoms with Crippen molar-refractivity contribution in [2.45, 2.75) is 20.0 Å². The van der Waals surface area contributed by atoms with E-state index in [0.29, 0.717) is 27.0 Å². The van der Waals surface area contributed by atoms with Crippen LogP contribution in [0.25, 0.3) is 6.08 Å². The van der Waals surface area contributed by atoms with Crippen LogP contribution in [0.15, 0.2) is 48.0 Å². The molecule has 0 fully saturated rings. The molecule has 6 heteroatoms. The van der Waals surface area contributed by atoms with Crippen molar-refractivity contribution in [3.8, 4) is 11.8 Å². The zero-order valence-corrected chi connectivity index (χ0v) is 15.2. The van der Waals surface area contributed by atoms with Gasteiger partial charge >= 0.3 is 0 Å². The number of rotatable bonds is 5. The van der Waals surface area contributed by atoms with Gasteiger partial charge in [-0.25, -0.2) is 0 Å². The van der Waals surface area contributed by atoms with Crippen molar-refractivity contribution in [3.63, 3.8) is 0 Å². The van der Waals surface area contributed by atoms with E-state index in [1.807, 2.05) is 19.9 Å². The molecule has 1 N–H and O–H groups in total. The molecule has 0 bridgehead atoms. The van der Waals surface area contributed by atoms with Gasteiger partial charge in [0.1, 0.15) is 17.4 Å². The van der Waals surface area contributed by atoms with Gasteiger partial charge in [-0.05, 0) is 49.8 Å². The Kier molecular flexibility index (Phi) is 6.46. The number of benzene rings is 2. The van der Waals surface area contributed by atoms with Gasteiger partial charge in [-0.2, -0.15) is 5.26 Å². The predicted molar refractivity (Wildman–Crippen MR) is 101 cm³/mol. The minimum atomic E-state index is -0.518. The molecule has 1 amide bonds. The molecule has 25 heavy (non-hydrogen) atoms. The highest BCUT2D eigenvalue weighted by Crippen LogP contribution is 2.24. The Hall–Kier alpha value is -2.48. The first-order valence-corrected chi connectivity index (χ1v) is 8.29. The molecule has 0 aliphatic carbocycles. The maximum atomic E-state index is 12.3. The number of nitrogens with one attached hydrogen (secondary N) is 1. The van der Waals surface area contributed by atoms with E-state index in [1.165, 1.54) is 6.08 Å². The van der Waals surface area contributed by atoms with Crippen LogP contribution < -0.4 is 10.1 Å². The van der Waals surface area contributed by atoms with E-state index in [4.69, 9.17) is 27.9 Å². The van der Waals surface area contributed by atoms with Crippen molar-refractivity contribution >= 4 is 40.9 Å². The topological polar surface area (TPSA) is 62.1 Å². The Labute approximate surface area is 156 Å². The van der Waals surface area contributed by atoms with Crippen molar-refractivity contribution in [2.24, 2.45) is 0 Å². The molecule has 2 rings (SSSR count). The van der Waals surface area contributed by atoms with Crippen LogP contribution in [0.2, 0.25) is 10.0 Å². The predicted octanol–water partition coefficient (Wildman–Crippen LogP) is 5.33. The summed E-state index contributed by atoms with van der Waals surface area (Å²) in [6, 6.07) is 13.8. The fourth-order valence-electron chi connectivity index (χ4n) is 2.04. The van der Waals surface area contributed by atoms with Crippen LogP contribution in [0.3, 0.4) is 0 Å². The van der Waals surface area contributed by atoms with Gasteiger partial charge in [0.2, 0.25) is 0 Å². The van der Waals surface area contributed by atoms with Crippen molar-refractivity contribution < 1.29 is 9.53 Å². The average Bonchev–Trinajstić information content (AvgIpc) is 2.55. The number of halogens is 2. The van der Waals surface area contributed by atoms with Crippen LogP contribution in [-0.4, -0.2) is 12.0 Å². The summed E-state index contributed by atoms with van der Waals surface area (Å²) in [5.74, 6) is 0.120. The third-order valence-corrected chi connectivity index (χ3v) is 3.82. The second-order valence-corrected chi connectivity index (χ2v) is 6.31. The fourth-order valence-corrected chi connectivity index (χ4v) is 2.34. The molecule has 0 radical (unpaired) electrons. The number of nitrogens with zero attached hydrogens (tertiary/aromatic N) is 1. The molecular formula is C19H16Cl2N2O2. The summed E-state index contributed by atoms with van der Waals surface area (Å²) in [5.41, 5.74) is 1.10. The monoisotopic (exact) mass is 374 g/mol. The largest absolute Gasteiger partial charge is 0.491 e. The minimum absolute atomic E-state index is 0.0233. The Morgan fingerprint density at radius 2 is 1.96 bits per heavy atom. The molecular weight excluding hydrogens is 359 g/mol. The first-order valence-electron chi connectivity index (χ1n) is 7.54. The molecule has 0 aliphatic rings. The van der Waals surface area contributed by atoms with E-state index in [1.54, 1.807) is 42.5 Å². The van der Waals surface area contributed by atoms with Gasteiger partial charge in [-0.1, -0.05) is 35.3 Å². The highest BCUT2D eigenvalue weighted by atomic mass is 35.5. The van der Waals surface area contributed by atoms with Gasteiger partial charge in [0, 0.05) is 11.8 Å². The van der Waals surface area contributed by atoms with Gasteiger partial charge in [0.05, 0.1) is 16.1 Å². The normalized spacial score (nSPS) is 11.1. The number of carbonyl (C=O) groups is 1. The van der Waals surface area contributed by atoms with Crippen LogP contribution in [0.4, 0.5) is 5.69 Å². The molecule has 0 unspecified atom stereocenters. The highest BCUT2D eigenvalue weighted by Gasteiger charge is 2.11. The van der Waals surface area contributed by atoms with Crippen LogP contribution in [0, 0.1) is 11.3 Å². The smallest absolute Gasteiger partial charge is 0.266 e. The second-order valence-electron chi connectivity index (χ2n) is 5.49. The summed E-state index contributed by atoms with van der Waals surface area (Å²) in [6.07, 6.45) is 1.47. The lowest BCUT2D eigenvalue weighted by Crippen LogP contribution is -2.13. The zero-order valence-electron chi connectivity index (χ0n) is 13.7. The average molecular weight is 375 g/mol. The van der Waals surface area contributed by atoms with Gasteiger partial charge in [0.25, 0.3) is 5.91 Å². The summed E-state index contributed by atoms with van der Waals surface area (Å²) in [6.45, 7) is 3.83. The van der Waals surface area contributed by atoms with Crippen LogP contribution in [0.5, 0.6) is 5.75 Å². The van der Waals surface area contributed by atoms with E-state index in [9.17, 15) is 10.1 Å². The SMILES string of the molecule is CC(C)Oc1cccc(NC(=O)/C(C#N)=C\c2ccc(Cl)c(Cl)c2)c1. The van der Waals surface area contributed by atoms with E-state index >= 15 is 0 Å². The molecule has 0 heterocycles. The van der Waals surface area contributed by atoms with E-state index < -0.39 is 5.91 Å². The van der Waals surface area contributed by atoms with Crippen molar-refractivity contribution in [1.29, 1.82) is 5.26 Å². The van der Waals surface area contributed by atoms with Crippen molar-refractivity contribution in [2.75, 3.05) is 5.32 Å². The maximum Gasteiger partial charge on any atom is 0.266 e. The lowest BCUT2D eigenvalue weighted by molar-refractivity contribution is -0.112. The van der Waals surface area contributed by atoms with E-state index in [-0.39, 0.29) is 11.7 Å². The van der Waals surface area contributed by atoms with Crippen LogP contribution >= 0.6 is 23.2 Å². The third kappa shape index (κ3) is 5.53. The molecule has 2 aromatic rings. The number of hydrogen-bond donors (Lipinski definition) is 1. The summed E-state index contributed by atoms with van der Waals surface area (Å²) in [7, 11) is 0. The Balaban J connectivity index is 2.19. The molecule has 2 aromatic carbocycles. The van der Waals surface area contributed by atoms with Gasteiger partial charge in [-0.3, -0.25) is 4.79 Å². The molecule has 0 aliphatic heterocycles. The molecule has 0 saturated carbocycles. The second kappa shape index (κ2) is 8.57. The van der Waals surface area contributed by atoms with E-state index in [2.05, 4.69) is 5.32 Å². The Morgan fingerprint density at radius 3 is 2.60 bits per heavy atom. The molecule has 0 saturated heterocycles. The highest BCUT2D eigenvalue weighted by molar-refractivity contribution is 6.42. The molecule has 0 aromatic heterocycles. The van der Waals surface area contributed by atoms with E-state index in [0.717, 1.165) is 0 Å². The number of nitriles is 1. The van der Waals surface area contributed by atoms with Gasteiger partial charge in [-0.15, -0.1) is 0 Å². The van der Waals surface area contributed by atoms with Gasteiger partial charge < -0.3 is 10.1 Å². The first kappa shape index (κ1) is 18.9. The number of ether oxygens (including phenoxy) is 1. The Bertz CT molecular complexity index is 855. The third-order valence-electron chi connectivity index (χ3n) is 3.08. The molecule has 0 spiro atoms. The maximum absolute atomic E-state index is 12.3. The van der Waals surface area contributed by atoms with Crippen LogP contribution in [-0.2, 0) is 4.79 Å². The quantitative estimate of drug-likeness (QED) is 0.568. The number of hydrogen-bond acceptors (Lipinski definition) is 3. The van der Waals surface area contributed by atoms with Crippen molar-refractivity contribution in [3.05, 3.63) is 63.6 Å². The molecule has 128 valence electrons. The van der Waals surface area contributed by atoms with Crippen molar-refractivity contribution in [1.82, 2.24) is 0 Å². The fraction of sp³-hybridized carbons (Fsp3) is 0.158.